The van der Waals surface area contributed by atoms with Crippen molar-refractivity contribution in [2.75, 3.05) is 6.54 Å². The minimum absolute atomic E-state index is 0.0585. The van der Waals surface area contributed by atoms with Crippen LogP contribution in [-0.4, -0.2) is 12.3 Å². The monoisotopic (exact) mass is 231 g/mol. The first-order valence-corrected chi connectivity index (χ1v) is 6.67. The van der Waals surface area contributed by atoms with Crippen molar-refractivity contribution in [2.45, 2.75) is 45.1 Å². The van der Waals surface area contributed by atoms with E-state index < -0.39 is 0 Å². The minimum atomic E-state index is -0.0585. The Morgan fingerprint density at radius 3 is 3.00 bits per heavy atom. The molecule has 2 rings (SSSR count). The number of rotatable bonds is 5. The molecule has 0 spiro atoms. The number of carbonyl (C=O) groups is 1. The van der Waals surface area contributed by atoms with Crippen LogP contribution in [0.15, 0.2) is 24.3 Å². The maximum atomic E-state index is 12.2. The van der Waals surface area contributed by atoms with Crippen LogP contribution in [0, 0.1) is 0 Å². The van der Waals surface area contributed by atoms with Crippen molar-refractivity contribution in [3.05, 3.63) is 35.4 Å². The molecule has 1 aliphatic heterocycles. The topological polar surface area (TPSA) is 29.1 Å². The number of carbonyl (C=O) groups excluding carboxylic acids is 1. The maximum absolute atomic E-state index is 12.2. The SMILES string of the molecule is CCCCCC(=O)C1NCCc2ccccc21. The summed E-state index contributed by atoms with van der Waals surface area (Å²) < 4.78 is 0. The van der Waals surface area contributed by atoms with E-state index in [0.29, 0.717) is 12.2 Å². The Bertz CT molecular complexity index is 386. The first-order chi connectivity index (χ1) is 8.33. The standard InChI is InChI=1S/C15H21NO/c1-2-3-4-9-14(17)15-13-8-6-5-7-12(13)10-11-16-15/h5-8,15-16H,2-4,9-11H2,1H3. The van der Waals surface area contributed by atoms with E-state index in [1.54, 1.807) is 0 Å². The van der Waals surface area contributed by atoms with E-state index in [-0.39, 0.29) is 6.04 Å². The zero-order valence-electron chi connectivity index (χ0n) is 10.5. The van der Waals surface area contributed by atoms with Gasteiger partial charge in [-0.1, -0.05) is 44.0 Å². The zero-order chi connectivity index (χ0) is 12.1. The van der Waals surface area contributed by atoms with Crippen LogP contribution in [0.3, 0.4) is 0 Å². The molecular formula is C15H21NO. The predicted molar refractivity (Wildman–Crippen MR) is 70.0 cm³/mol. The van der Waals surface area contributed by atoms with Gasteiger partial charge >= 0.3 is 0 Å². The Kier molecular flexibility index (Phi) is 4.32. The van der Waals surface area contributed by atoms with E-state index >= 15 is 0 Å². The van der Waals surface area contributed by atoms with Crippen LogP contribution in [0.2, 0.25) is 0 Å². The van der Waals surface area contributed by atoms with Crippen LogP contribution in [0.25, 0.3) is 0 Å². The van der Waals surface area contributed by atoms with Gasteiger partial charge in [-0.15, -0.1) is 0 Å². The molecule has 17 heavy (non-hydrogen) atoms. The third-order valence-corrected chi connectivity index (χ3v) is 3.46. The zero-order valence-corrected chi connectivity index (χ0v) is 10.5. The van der Waals surface area contributed by atoms with Gasteiger partial charge in [0.1, 0.15) is 0 Å². The number of Topliss-reactive ketones (excluding diaryl/α,β-unsaturated/α-hetero) is 1. The lowest BCUT2D eigenvalue weighted by Gasteiger charge is -2.25. The summed E-state index contributed by atoms with van der Waals surface area (Å²) in [6.07, 6.45) is 5.09. The highest BCUT2D eigenvalue weighted by Gasteiger charge is 2.24. The molecule has 0 aromatic heterocycles. The molecule has 0 bridgehead atoms. The van der Waals surface area contributed by atoms with Crippen LogP contribution >= 0.6 is 0 Å². The Hall–Kier alpha value is -1.15. The first kappa shape index (κ1) is 12.3. The fourth-order valence-electron chi connectivity index (χ4n) is 2.49. The molecule has 92 valence electrons. The van der Waals surface area contributed by atoms with Gasteiger partial charge in [-0.3, -0.25) is 4.79 Å². The fourth-order valence-corrected chi connectivity index (χ4v) is 2.49. The molecule has 1 aromatic rings. The summed E-state index contributed by atoms with van der Waals surface area (Å²) in [5.74, 6) is 0.352. The predicted octanol–water partition coefficient (Wildman–Crippen LogP) is 3.02. The molecule has 0 amide bonds. The molecule has 1 atom stereocenters. The third kappa shape index (κ3) is 2.95. The summed E-state index contributed by atoms with van der Waals surface area (Å²) in [7, 11) is 0. The van der Waals surface area contributed by atoms with Crippen molar-refractivity contribution in [3.63, 3.8) is 0 Å². The highest BCUT2D eigenvalue weighted by Crippen LogP contribution is 2.24. The van der Waals surface area contributed by atoms with Crippen molar-refractivity contribution >= 4 is 5.78 Å². The lowest BCUT2D eigenvalue weighted by Crippen LogP contribution is -2.35. The van der Waals surface area contributed by atoms with E-state index in [4.69, 9.17) is 0 Å². The van der Waals surface area contributed by atoms with Crippen molar-refractivity contribution in [3.8, 4) is 0 Å². The normalized spacial score (nSPS) is 18.8. The molecule has 0 radical (unpaired) electrons. The molecular weight excluding hydrogens is 210 g/mol. The highest BCUT2D eigenvalue weighted by atomic mass is 16.1. The van der Waals surface area contributed by atoms with E-state index in [1.165, 1.54) is 17.5 Å². The van der Waals surface area contributed by atoms with Crippen molar-refractivity contribution in [1.82, 2.24) is 5.32 Å². The quantitative estimate of drug-likeness (QED) is 0.789. The molecule has 1 unspecified atom stereocenters. The van der Waals surface area contributed by atoms with E-state index in [9.17, 15) is 4.79 Å². The summed E-state index contributed by atoms with van der Waals surface area (Å²) >= 11 is 0. The van der Waals surface area contributed by atoms with Gasteiger partial charge in [-0.05, 0) is 24.0 Å². The first-order valence-electron chi connectivity index (χ1n) is 6.67. The molecule has 1 aliphatic rings. The Balaban J connectivity index is 2.05. The number of hydrogen-bond donors (Lipinski definition) is 1. The Morgan fingerprint density at radius 1 is 1.35 bits per heavy atom. The Morgan fingerprint density at radius 2 is 2.18 bits per heavy atom. The van der Waals surface area contributed by atoms with Gasteiger partial charge < -0.3 is 5.32 Å². The van der Waals surface area contributed by atoms with E-state index in [2.05, 4.69) is 30.4 Å². The molecule has 0 fully saturated rings. The van der Waals surface area contributed by atoms with Gasteiger partial charge in [0, 0.05) is 13.0 Å². The van der Waals surface area contributed by atoms with Crippen molar-refractivity contribution < 1.29 is 4.79 Å². The number of unbranched alkanes of at least 4 members (excludes halogenated alkanes) is 2. The lowest BCUT2D eigenvalue weighted by molar-refractivity contribution is -0.121. The van der Waals surface area contributed by atoms with Crippen LogP contribution in [0.1, 0.15) is 49.8 Å². The second kappa shape index (κ2) is 5.97. The molecule has 0 aliphatic carbocycles. The molecule has 1 heterocycles. The van der Waals surface area contributed by atoms with Crippen LogP contribution in [0.5, 0.6) is 0 Å². The number of benzene rings is 1. The smallest absolute Gasteiger partial charge is 0.154 e. The van der Waals surface area contributed by atoms with Crippen LogP contribution in [0.4, 0.5) is 0 Å². The third-order valence-electron chi connectivity index (χ3n) is 3.46. The fraction of sp³-hybridized carbons (Fsp3) is 0.533. The minimum Gasteiger partial charge on any atom is -0.303 e. The number of nitrogens with one attached hydrogen (secondary N) is 1. The van der Waals surface area contributed by atoms with Crippen LogP contribution in [-0.2, 0) is 11.2 Å². The van der Waals surface area contributed by atoms with Gasteiger partial charge in [0.2, 0.25) is 0 Å². The van der Waals surface area contributed by atoms with Gasteiger partial charge in [-0.25, -0.2) is 0 Å². The van der Waals surface area contributed by atoms with Gasteiger partial charge in [-0.2, -0.15) is 0 Å². The average Bonchev–Trinajstić information content (AvgIpc) is 2.38. The summed E-state index contributed by atoms with van der Waals surface area (Å²) in [5.41, 5.74) is 2.53. The number of fused-ring (bicyclic) bond motifs is 1. The molecule has 1 N–H and O–H groups in total. The van der Waals surface area contributed by atoms with Crippen molar-refractivity contribution in [2.24, 2.45) is 0 Å². The number of hydrogen-bond acceptors (Lipinski definition) is 2. The summed E-state index contributed by atoms with van der Waals surface area (Å²) in [5, 5.41) is 3.35. The summed E-state index contributed by atoms with van der Waals surface area (Å²) in [6, 6.07) is 8.25. The van der Waals surface area contributed by atoms with E-state index in [1.807, 2.05) is 6.07 Å². The second-order valence-corrected chi connectivity index (χ2v) is 4.76. The van der Waals surface area contributed by atoms with Gasteiger partial charge in [0.15, 0.2) is 5.78 Å². The van der Waals surface area contributed by atoms with Crippen LogP contribution < -0.4 is 5.32 Å². The number of ketones is 1. The molecule has 2 nitrogen and oxygen atoms in total. The molecule has 2 heteroatoms. The Labute approximate surface area is 103 Å². The van der Waals surface area contributed by atoms with Crippen molar-refractivity contribution in [1.29, 1.82) is 0 Å². The van der Waals surface area contributed by atoms with Gasteiger partial charge in [0.05, 0.1) is 6.04 Å². The average molecular weight is 231 g/mol. The summed E-state index contributed by atoms with van der Waals surface area (Å²) in [4.78, 5) is 12.2. The maximum Gasteiger partial charge on any atom is 0.154 e. The lowest BCUT2D eigenvalue weighted by atomic mass is 9.90. The largest absolute Gasteiger partial charge is 0.303 e. The second-order valence-electron chi connectivity index (χ2n) is 4.76. The van der Waals surface area contributed by atoms with Gasteiger partial charge in [0.25, 0.3) is 0 Å². The summed E-state index contributed by atoms with van der Waals surface area (Å²) in [6.45, 7) is 3.08. The molecule has 0 saturated carbocycles. The molecule has 0 saturated heterocycles. The highest BCUT2D eigenvalue weighted by molar-refractivity contribution is 5.85. The molecule has 1 aromatic carbocycles. The van der Waals surface area contributed by atoms with E-state index in [0.717, 1.165) is 25.8 Å².